The zero-order valence-electron chi connectivity index (χ0n) is 17.3. The lowest BCUT2D eigenvalue weighted by atomic mass is 10.0. The quantitative estimate of drug-likeness (QED) is 0.567. The fourth-order valence-electron chi connectivity index (χ4n) is 4.15. The Labute approximate surface area is 177 Å². The average molecular weight is 408 g/mol. The zero-order chi connectivity index (χ0) is 20.2. The smallest absolute Gasteiger partial charge is 0.252 e. The highest BCUT2D eigenvalue weighted by Gasteiger charge is 2.18. The van der Waals surface area contributed by atoms with Crippen LogP contribution >= 0.6 is 11.3 Å². The number of carbonyl (C=O) groups is 1. The second-order valence-electron chi connectivity index (χ2n) is 8.08. The van der Waals surface area contributed by atoms with E-state index in [1.54, 1.807) is 11.3 Å². The number of aryl methyl sites for hydroxylation is 1. The van der Waals surface area contributed by atoms with Gasteiger partial charge in [0.2, 0.25) is 0 Å². The number of aromatic nitrogens is 1. The second-order valence-corrected chi connectivity index (χ2v) is 8.86. The molecule has 0 bridgehead atoms. The number of amides is 1. The maximum absolute atomic E-state index is 13.1. The van der Waals surface area contributed by atoms with Crippen molar-refractivity contribution in [3.63, 3.8) is 0 Å². The highest BCUT2D eigenvalue weighted by Crippen LogP contribution is 2.27. The van der Waals surface area contributed by atoms with Gasteiger partial charge in [-0.05, 0) is 69.3 Å². The standard InChI is InChI=1S/C24H29N3OS/c1-17-7-8-22-20(14-17)21(15-23(26-22)19-9-13-29-16-19)24(28)25-10-5-12-27-11-4-3-6-18(27)2/h7-9,13-16,18H,3-6,10-12H2,1-2H3,(H,25,28)/t18-/m0/s1. The predicted octanol–water partition coefficient (Wildman–Crippen LogP) is 5.27. The monoisotopic (exact) mass is 407 g/mol. The van der Waals surface area contributed by atoms with Crippen molar-refractivity contribution in [2.45, 2.75) is 45.6 Å². The first-order chi connectivity index (χ1) is 14.1. The first kappa shape index (κ1) is 20.0. The Morgan fingerprint density at radius 3 is 2.97 bits per heavy atom. The first-order valence-electron chi connectivity index (χ1n) is 10.6. The number of nitrogens with zero attached hydrogens (tertiary/aromatic N) is 2. The molecule has 1 aliphatic heterocycles. The maximum Gasteiger partial charge on any atom is 0.252 e. The molecule has 1 fully saturated rings. The topological polar surface area (TPSA) is 45.2 Å². The zero-order valence-corrected chi connectivity index (χ0v) is 18.1. The van der Waals surface area contributed by atoms with E-state index in [9.17, 15) is 4.79 Å². The lowest BCUT2D eigenvalue weighted by Gasteiger charge is -2.33. The van der Waals surface area contributed by atoms with Crippen LogP contribution in [0.4, 0.5) is 0 Å². The summed E-state index contributed by atoms with van der Waals surface area (Å²) < 4.78 is 0. The van der Waals surface area contributed by atoms with E-state index in [1.165, 1.54) is 25.8 Å². The van der Waals surface area contributed by atoms with Gasteiger partial charge in [0, 0.05) is 35.5 Å². The number of fused-ring (bicyclic) bond motifs is 1. The number of likely N-dealkylation sites (tertiary alicyclic amines) is 1. The summed E-state index contributed by atoms with van der Waals surface area (Å²) in [5.41, 5.74) is 4.63. The second kappa shape index (κ2) is 9.06. The molecule has 3 aromatic rings. The first-order valence-corrected chi connectivity index (χ1v) is 11.5. The molecule has 0 spiro atoms. The van der Waals surface area contributed by atoms with Gasteiger partial charge in [-0.1, -0.05) is 18.1 Å². The molecule has 5 heteroatoms. The molecule has 1 N–H and O–H groups in total. The van der Waals surface area contributed by atoms with Crippen LogP contribution in [0.25, 0.3) is 22.2 Å². The average Bonchev–Trinajstić information content (AvgIpc) is 3.26. The number of benzene rings is 1. The minimum atomic E-state index is -0.00817. The molecular formula is C24H29N3OS. The van der Waals surface area contributed by atoms with E-state index in [-0.39, 0.29) is 5.91 Å². The summed E-state index contributed by atoms with van der Waals surface area (Å²) in [6.45, 7) is 7.31. The van der Waals surface area contributed by atoms with Crippen molar-refractivity contribution in [2.24, 2.45) is 0 Å². The van der Waals surface area contributed by atoms with Gasteiger partial charge in [-0.2, -0.15) is 11.3 Å². The van der Waals surface area contributed by atoms with Gasteiger partial charge in [0.25, 0.3) is 5.91 Å². The van der Waals surface area contributed by atoms with Crippen LogP contribution in [-0.4, -0.2) is 41.5 Å². The molecule has 1 amide bonds. The van der Waals surface area contributed by atoms with Crippen molar-refractivity contribution in [1.82, 2.24) is 15.2 Å². The Balaban J connectivity index is 1.49. The third-order valence-electron chi connectivity index (χ3n) is 5.87. The highest BCUT2D eigenvalue weighted by atomic mass is 32.1. The SMILES string of the molecule is Cc1ccc2nc(-c3ccsc3)cc(C(=O)NCCCN3CCCC[C@@H]3C)c2c1. The third-order valence-corrected chi connectivity index (χ3v) is 6.56. The van der Waals surface area contributed by atoms with Crippen molar-refractivity contribution in [2.75, 3.05) is 19.6 Å². The van der Waals surface area contributed by atoms with E-state index in [1.807, 2.05) is 30.5 Å². The lowest BCUT2D eigenvalue weighted by molar-refractivity contribution is 0.0950. The number of carbonyl (C=O) groups excluding carboxylic acids is 1. The van der Waals surface area contributed by atoms with Gasteiger partial charge < -0.3 is 10.2 Å². The highest BCUT2D eigenvalue weighted by molar-refractivity contribution is 7.08. The molecule has 1 aromatic carbocycles. The number of nitrogens with one attached hydrogen (secondary N) is 1. The summed E-state index contributed by atoms with van der Waals surface area (Å²) in [4.78, 5) is 20.4. The summed E-state index contributed by atoms with van der Waals surface area (Å²) in [6.07, 6.45) is 4.91. The number of hydrogen-bond donors (Lipinski definition) is 1. The Morgan fingerprint density at radius 1 is 1.28 bits per heavy atom. The van der Waals surface area contributed by atoms with Crippen molar-refractivity contribution in [3.05, 3.63) is 52.2 Å². The van der Waals surface area contributed by atoms with Crippen molar-refractivity contribution in [1.29, 1.82) is 0 Å². The van der Waals surface area contributed by atoms with Crippen LogP contribution in [0.15, 0.2) is 41.1 Å². The Bertz CT molecular complexity index is 983. The number of thiophene rings is 1. The molecule has 2 aromatic heterocycles. The Morgan fingerprint density at radius 2 is 2.17 bits per heavy atom. The van der Waals surface area contributed by atoms with E-state index < -0.39 is 0 Å². The molecule has 29 heavy (non-hydrogen) atoms. The van der Waals surface area contributed by atoms with Gasteiger partial charge in [-0.15, -0.1) is 0 Å². The molecule has 0 saturated carbocycles. The van der Waals surface area contributed by atoms with Crippen LogP contribution in [0, 0.1) is 6.92 Å². The van der Waals surface area contributed by atoms with Crippen molar-refractivity contribution < 1.29 is 4.79 Å². The predicted molar refractivity (Wildman–Crippen MR) is 122 cm³/mol. The number of rotatable bonds is 6. The summed E-state index contributed by atoms with van der Waals surface area (Å²) in [5.74, 6) is -0.00817. The molecule has 1 aliphatic rings. The molecule has 0 radical (unpaired) electrons. The lowest BCUT2D eigenvalue weighted by Crippen LogP contribution is -2.39. The number of hydrogen-bond acceptors (Lipinski definition) is 4. The fourth-order valence-corrected chi connectivity index (χ4v) is 4.80. The van der Waals surface area contributed by atoms with Gasteiger partial charge in [0.1, 0.15) is 0 Å². The molecule has 1 atom stereocenters. The van der Waals surface area contributed by atoms with E-state index in [4.69, 9.17) is 4.98 Å². The summed E-state index contributed by atoms with van der Waals surface area (Å²) in [6, 6.07) is 10.8. The molecular weight excluding hydrogens is 378 g/mol. The molecule has 0 aliphatic carbocycles. The molecule has 3 heterocycles. The van der Waals surface area contributed by atoms with Gasteiger partial charge >= 0.3 is 0 Å². The molecule has 152 valence electrons. The normalized spacial score (nSPS) is 17.5. The minimum Gasteiger partial charge on any atom is -0.352 e. The minimum absolute atomic E-state index is 0.00817. The van der Waals surface area contributed by atoms with Gasteiger partial charge in [-0.25, -0.2) is 4.98 Å². The third kappa shape index (κ3) is 4.68. The Kier molecular flexibility index (Phi) is 6.26. The van der Waals surface area contributed by atoms with Gasteiger partial charge in [0.05, 0.1) is 16.8 Å². The molecule has 1 saturated heterocycles. The van der Waals surface area contributed by atoms with Crippen LogP contribution in [0.2, 0.25) is 0 Å². The van der Waals surface area contributed by atoms with E-state index in [0.717, 1.165) is 40.7 Å². The van der Waals surface area contributed by atoms with E-state index in [2.05, 4.69) is 34.7 Å². The van der Waals surface area contributed by atoms with Crippen LogP contribution in [0.5, 0.6) is 0 Å². The number of pyridine rings is 1. The summed E-state index contributed by atoms with van der Waals surface area (Å²) in [7, 11) is 0. The fraction of sp³-hybridized carbons (Fsp3) is 0.417. The van der Waals surface area contributed by atoms with E-state index >= 15 is 0 Å². The molecule has 0 unspecified atom stereocenters. The van der Waals surface area contributed by atoms with E-state index in [0.29, 0.717) is 18.2 Å². The van der Waals surface area contributed by atoms with Crippen LogP contribution in [-0.2, 0) is 0 Å². The largest absolute Gasteiger partial charge is 0.352 e. The summed E-state index contributed by atoms with van der Waals surface area (Å²) >= 11 is 1.64. The van der Waals surface area contributed by atoms with Gasteiger partial charge in [0.15, 0.2) is 0 Å². The maximum atomic E-state index is 13.1. The van der Waals surface area contributed by atoms with Crippen molar-refractivity contribution >= 4 is 28.1 Å². The van der Waals surface area contributed by atoms with Crippen LogP contribution in [0.3, 0.4) is 0 Å². The molecule has 4 nitrogen and oxygen atoms in total. The summed E-state index contributed by atoms with van der Waals surface area (Å²) in [5, 5.41) is 8.18. The Hall–Kier alpha value is -2.24. The molecule has 4 rings (SSSR count). The number of piperidine rings is 1. The van der Waals surface area contributed by atoms with Crippen LogP contribution in [0.1, 0.15) is 48.5 Å². The van der Waals surface area contributed by atoms with Crippen LogP contribution < -0.4 is 5.32 Å². The van der Waals surface area contributed by atoms with Crippen molar-refractivity contribution in [3.8, 4) is 11.3 Å². The van der Waals surface area contributed by atoms with Gasteiger partial charge in [-0.3, -0.25) is 4.79 Å².